The SMILES string of the molecule is CCOC1=C(c2ccco2)C(C#N)(OCC)C1=O. The number of hydrogen-bond acceptors (Lipinski definition) is 5. The standard InChI is InChI=1S/C13H13NO4/c1-3-16-11-10(9-6-5-7-17-9)13(8-14,12(11)15)18-4-2/h5-7H,3-4H2,1-2H3. The first-order valence-corrected chi connectivity index (χ1v) is 5.72. The molecule has 0 radical (unpaired) electrons. The van der Waals surface area contributed by atoms with Crippen molar-refractivity contribution < 1.29 is 18.7 Å². The number of ketones is 1. The molecule has 0 N–H and O–H groups in total. The summed E-state index contributed by atoms with van der Waals surface area (Å²) in [6.07, 6.45) is 1.47. The molecule has 1 aliphatic rings. The van der Waals surface area contributed by atoms with Gasteiger partial charge in [0.25, 0.3) is 5.60 Å². The zero-order chi connectivity index (χ0) is 13.2. The summed E-state index contributed by atoms with van der Waals surface area (Å²) in [5, 5.41) is 9.27. The Kier molecular flexibility index (Phi) is 3.21. The summed E-state index contributed by atoms with van der Waals surface area (Å²) in [7, 11) is 0. The molecule has 1 aromatic rings. The first-order valence-electron chi connectivity index (χ1n) is 5.72. The third kappa shape index (κ3) is 1.54. The smallest absolute Gasteiger partial charge is 0.253 e. The van der Waals surface area contributed by atoms with Gasteiger partial charge in [0.1, 0.15) is 11.8 Å². The van der Waals surface area contributed by atoms with E-state index in [4.69, 9.17) is 13.9 Å². The highest BCUT2D eigenvalue weighted by Crippen LogP contribution is 2.45. The van der Waals surface area contributed by atoms with E-state index in [1.165, 1.54) is 6.26 Å². The fraction of sp³-hybridized carbons (Fsp3) is 0.385. The third-order valence-electron chi connectivity index (χ3n) is 2.68. The van der Waals surface area contributed by atoms with Crippen LogP contribution in [0.15, 0.2) is 28.6 Å². The molecule has 0 saturated heterocycles. The van der Waals surface area contributed by atoms with Gasteiger partial charge in [0.2, 0.25) is 5.78 Å². The molecule has 2 rings (SSSR count). The van der Waals surface area contributed by atoms with Crippen LogP contribution in [0.1, 0.15) is 19.6 Å². The number of carbonyl (C=O) groups is 1. The lowest BCUT2D eigenvalue weighted by Gasteiger charge is -2.36. The highest BCUT2D eigenvalue weighted by atomic mass is 16.5. The normalized spacial score (nSPS) is 22.6. The van der Waals surface area contributed by atoms with E-state index in [2.05, 4.69) is 0 Å². The van der Waals surface area contributed by atoms with E-state index in [0.29, 0.717) is 17.9 Å². The van der Waals surface area contributed by atoms with Crippen LogP contribution in [0, 0.1) is 11.3 Å². The van der Waals surface area contributed by atoms with Crippen molar-refractivity contribution in [2.75, 3.05) is 13.2 Å². The monoisotopic (exact) mass is 247 g/mol. The number of nitriles is 1. The molecule has 0 aromatic carbocycles. The van der Waals surface area contributed by atoms with Gasteiger partial charge in [0, 0.05) is 6.61 Å². The molecule has 1 aromatic heterocycles. The first-order chi connectivity index (χ1) is 8.71. The Morgan fingerprint density at radius 2 is 2.22 bits per heavy atom. The van der Waals surface area contributed by atoms with E-state index in [1.807, 2.05) is 6.07 Å². The van der Waals surface area contributed by atoms with Crippen LogP contribution < -0.4 is 0 Å². The van der Waals surface area contributed by atoms with E-state index in [-0.39, 0.29) is 12.4 Å². The predicted octanol–water partition coefficient (Wildman–Crippen LogP) is 1.91. The van der Waals surface area contributed by atoms with Crippen LogP contribution in [0.25, 0.3) is 5.57 Å². The maximum atomic E-state index is 12.0. The van der Waals surface area contributed by atoms with Crippen LogP contribution >= 0.6 is 0 Å². The van der Waals surface area contributed by atoms with Gasteiger partial charge >= 0.3 is 0 Å². The fourth-order valence-electron chi connectivity index (χ4n) is 1.97. The molecular formula is C13H13NO4. The Morgan fingerprint density at radius 1 is 1.44 bits per heavy atom. The molecule has 1 atom stereocenters. The predicted molar refractivity (Wildman–Crippen MR) is 62.2 cm³/mol. The molecule has 1 aliphatic carbocycles. The van der Waals surface area contributed by atoms with Gasteiger partial charge in [-0.15, -0.1) is 0 Å². The van der Waals surface area contributed by atoms with Crippen molar-refractivity contribution in [1.82, 2.24) is 0 Å². The molecule has 0 aliphatic heterocycles. The van der Waals surface area contributed by atoms with Gasteiger partial charge in [-0.1, -0.05) is 0 Å². The number of rotatable bonds is 5. The minimum absolute atomic E-state index is 0.155. The minimum Gasteiger partial charge on any atom is -0.489 e. The lowest BCUT2D eigenvalue weighted by molar-refractivity contribution is -0.135. The Hall–Kier alpha value is -2.06. The molecule has 1 unspecified atom stereocenters. The molecule has 0 bridgehead atoms. The maximum Gasteiger partial charge on any atom is 0.253 e. The number of furan rings is 1. The van der Waals surface area contributed by atoms with Gasteiger partial charge in [-0.2, -0.15) is 5.26 Å². The zero-order valence-electron chi connectivity index (χ0n) is 10.2. The van der Waals surface area contributed by atoms with Gasteiger partial charge < -0.3 is 13.9 Å². The van der Waals surface area contributed by atoms with Crippen LogP contribution in [0.3, 0.4) is 0 Å². The minimum atomic E-state index is -1.59. The van der Waals surface area contributed by atoms with Crippen LogP contribution in [0.2, 0.25) is 0 Å². The van der Waals surface area contributed by atoms with Crippen molar-refractivity contribution in [2.24, 2.45) is 0 Å². The number of carbonyl (C=O) groups excluding carboxylic acids is 1. The Labute approximate surface area is 105 Å². The fourth-order valence-corrected chi connectivity index (χ4v) is 1.97. The van der Waals surface area contributed by atoms with Crippen molar-refractivity contribution in [3.63, 3.8) is 0 Å². The summed E-state index contributed by atoms with van der Waals surface area (Å²) < 4.78 is 15.8. The maximum absolute atomic E-state index is 12.0. The number of Topliss-reactive ketones (excluding diaryl/α,β-unsaturated/α-hetero) is 1. The summed E-state index contributed by atoms with van der Waals surface area (Å²) in [6, 6.07) is 5.28. The van der Waals surface area contributed by atoms with Crippen molar-refractivity contribution in [3.8, 4) is 6.07 Å². The highest BCUT2D eigenvalue weighted by Gasteiger charge is 2.59. The van der Waals surface area contributed by atoms with E-state index in [1.54, 1.807) is 26.0 Å². The zero-order valence-corrected chi connectivity index (χ0v) is 10.2. The Bertz CT molecular complexity index is 524. The molecule has 0 fully saturated rings. The molecule has 0 amide bonds. The Balaban J connectivity index is 2.52. The number of nitrogens with zero attached hydrogens (tertiary/aromatic N) is 1. The molecule has 18 heavy (non-hydrogen) atoms. The molecule has 0 saturated carbocycles. The summed E-state index contributed by atoms with van der Waals surface area (Å²) in [5.41, 5.74) is -1.21. The average molecular weight is 247 g/mol. The highest BCUT2D eigenvalue weighted by molar-refractivity contribution is 6.25. The summed E-state index contributed by atoms with van der Waals surface area (Å²) in [4.78, 5) is 12.0. The van der Waals surface area contributed by atoms with Crippen molar-refractivity contribution in [2.45, 2.75) is 19.4 Å². The van der Waals surface area contributed by atoms with Crippen molar-refractivity contribution in [3.05, 3.63) is 29.9 Å². The van der Waals surface area contributed by atoms with Gasteiger partial charge in [-0.05, 0) is 26.0 Å². The largest absolute Gasteiger partial charge is 0.489 e. The van der Waals surface area contributed by atoms with Crippen LogP contribution in [-0.2, 0) is 14.3 Å². The van der Waals surface area contributed by atoms with Crippen LogP contribution in [-0.4, -0.2) is 24.6 Å². The topological polar surface area (TPSA) is 72.5 Å². The van der Waals surface area contributed by atoms with Gasteiger partial charge in [-0.3, -0.25) is 4.79 Å². The van der Waals surface area contributed by atoms with E-state index >= 15 is 0 Å². The number of ether oxygens (including phenoxy) is 2. The molecule has 1 heterocycles. The second-order valence-corrected chi connectivity index (χ2v) is 3.67. The molecule has 94 valence electrons. The third-order valence-corrected chi connectivity index (χ3v) is 2.68. The van der Waals surface area contributed by atoms with Crippen LogP contribution in [0.5, 0.6) is 0 Å². The van der Waals surface area contributed by atoms with E-state index in [0.717, 1.165) is 0 Å². The lowest BCUT2D eigenvalue weighted by atomic mass is 9.76. The molecule has 5 heteroatoms. The summed E-state index contributed by atoms with van der Waals surface area (Å²) >= 11 is 0. The van der Waals surface area contributed by atoms with Gasteiger partial charge in [0.05, 0.1) is 18.4 Å². The second kappa shape index (κ2) is 4.67. The van der Waals surface area contributed by atoms with E-state index < -0.39 is 11.4 Å². The number of hydrogen-bond donors (Lipinski definition) is 0. The Morgan fingerprint density at radius 3 is 2.72 bits per heavy atom. The lowest BCUT2D eigenvalue weighted by Crippen LogP contribution is -2.51. The second-order valence-electron chi connectivity index (χ2n) is 3.67. The van der Waals surface area contributed by atoms with E-state index in [9.17, 15) is 10.1 Å². The van der Waals surface area contributed by atoms with Gasteiger partial charge in [-0.25, -0.2) is 0 Å². The molecular weight excluding hydrogens is 234 g/mol. The van der Waals surface area contributed by atoms with Crippen molar-refractivity contribution in [1.29, 1.82) is 5.26 Å². The van der Waals surface area contributed by atoms with Crippen LogP contribution in [0.4, 0.5) is 0 Å². The average Bonchev–Trinajstić information content (AvgIpc) is 2.89. The first kappa shape index (κ1) is 12.4. The summed E-state index contributed by atoms with van der Waals surface area (Å²) in [5.74, 6) is 0.135. The molecule has 5 nitrogen and oxygen atoms in total. The quantitative estimate of drug-likeness (QED) is 0.794. The molecule has 0 spiro atoms. The van der Waals surface area contributed by atoms with Crippen molar-refractivity contribution >= 4 is 11.4 Å². The van der Waals surface area contributed by atoms with Gasteiger partial charge in [0.15, 0.2) is 5.76 Å². The summed E-state index contributed by atoms with van der Waals surface area (Å²) in [6.45, 7) is 4.10.